The Morgan fingerprint density at radius 1 is 1.44 bits per heavy atom. The van der Waals surface area contributed by atoms with Gasteiger partial charge >= 0.3 is 5.97 Å². The molecule has 1 aromatic rings. The summed E-state index contributed by atoms with van der Waals surface area (Å²) in [5.41, 5.74) is 5.89. The van der Waals surface area contributed by atoms with E-state index in [0.29, 0.717) is 6.42 Å². The zero-order chi connectivity index (χ0) is 12.2. The summed E-state index contributed by atoms with van der Waals surface area (Å²) in [7, 11) is 0. The first-order chi connectivity index (χ1) is 7.47. The van der Waals surface area contributed by atoms with E-state index in [0.717, 1.165) is 5.56 Å². The molecule has 2 N–H and O–H groups in total. The first-order valence-electron chi connectivity index (χ1n) is 5.52. The van der Waals surface area contributed by atoms with Crippen molar-refractivity contribution in [2.45, 2.75) is 38.8 Å². The first kappa shape index (κ1) is 12.7. The van der Waals surface area contributed by atoms with Gasteiger partial charge < -0.3 is 10.5 Å². The Bertz CT molecular complexity index is 346. The van der Waals surface area contributed by atoms with Crippen molar-refractivity contribution in [1.29, 1.82) is 0 Å². The predicted octanol–water partition coefficient (Wildman–Crippen LogP) is 2.42. The molecular formula is C13H19NO2. The van der Waals surface area contributed by atoms with E-state index in [-0.39, 0.29) is 12.1 Å². The normalized spacial score (nSPS) is 16.2. The van der Waals surface area contributed by atoms with Crippen LogP contribution in [0.15, 0.2) is 30.3 Å². The van der Waals surface area contributed by atoms with Gasteiger partial charge in [0, 0.05) is 0 Å². The molecule has 2 atom stereocenters. The number of nitrogens with two attached hydrogens (primary N) is 1. The van der Waals surface area contributed by atoms with Gasteiger partial charge in [-0.2, -0.15) is 0 Å². The summed E-state index contributed by atoms with van der Waals surface area (Å²) in [6.07, 6.45) is 0.302. The first-order valence-corrected chi connectivity index (χ1v) is 5.52. The van der Waals surface area contributed by atoms with Crippen molar-refractivity contribution < 1.29 is 9.53 Å². The van der Waals surface area contributed by atoms with E-state index in [2.05, 4.69) is 0 Å². The quantitative estimate of drug-likeness (QED) is 0.794. The fourth-order valence-electron chi connectivity index (χ4n) is 1.23. The van der Waals surface area contributed by atoms with Gasteiger partial charge in [-0.25, -0.2) is 0 Å². The lowest BCUT2D eigenvalue weighted by molar-refractivity contribution is -0.154. The third-order valence-electron chi connectivity index (χ3n) is 2.75. The third-order valence-corrected chi connectivity index (χ3v) is 2.75. The fourth-order valence-corrected chi connectivity index (χ4v) is 1.23. The highest BCUT2D eigenvalue weighted by Gasteiger charge is 2.29. The molecule has 0 saturated heterocycles. The number of carbonyl (C=O) groups is 1. The number of carbonyl (C=O) groups excluding carboxylic acids is 1. The van der Waals surface area contributed by atoms with Crippen LogP contribution in [0.5, 0.6) is 0 Å². The predicted molar refractivity (Wildman–Crippen MR) is 63.8 cm³/mol. The Kier molecular flexibility index (Phi) is 4.07. The molecule has 0 bridgehead atoms. The molecule has 0 amide bonds. The Balaban J connectivity index is 2.66. The van der Waals surface area contributed by atoms with E-state index in [1.54, 1.807) is 6.92 Å². The summed E-state index contributed by atoms with van der Waals surface area (Å²) in [5, 5.41) is 0. The van der Waals surface area contributed by atoms with Crippen LogP contribution in [0.1, 0.15) is 38.9 Å². The molecule has 1 rings (SSSR count). The number of rotatable bonds is 4. The van der Waals surface area contributed by atoms with Gasteiger partial charge in [-0.05, 0) is 25.8 Å². The lowest BCUT2D eigenvalue weighted by atomic mass is 10.0. The molecule has 16 heavy (non-hydrogen) atoms. The van der Waals surface area contributed by atoms with Crippen LogP contribution in [-0.2, 0) is 9.53 Å². The summed E-state index contributed by atoms with van der Waals surface area (Å²) in [6, 6.07) is 9.62. The number of ether oxygens (including phenoxy) is 1. The van der Waals surface area contributed by atoms with Crippen LogP contribution in [0.2, 0.25) is 0 Å². The van der Waals surface area contributed by atoms with Crippen LogP contribution in [0.3, 0.4) is 0 Å². The second-order valence-corrected chi connectivity index (χ2v) is 4.23. The number of hydrogen-bond donors (Lipinski definition) is 1. The minimum atomic E-state index is -0.900. The number of benzene rings is 1. The van der Waals surface area contributed by atoms with Gasteiger partial charge in [-0.3, -0.25) is 4.79 Å². The minimum absolute atomic E-state index is 0.261. The second kappa shape index (κ2) is 5.12. The maximum Gasteiger partial charge on any atom is 0.326 e. The molecule has 3 nitrogen and oxygen atoms in total. The number of esters is 1. The molecule has 1 aromatic carbocycles. The van der Waals surface area contributed by atoms with Crippen LogP contribution in [-0.4, -0.2) is 11.5 Å². The van der Waals surface area contributed by atoms with E-state index >= 15 is 0 Å². The molecule has 0 aromatic heterocycles. The molecule has 0 heterocycles. The van der Waals surface area contributed by atoms with Crippen molar-refractivity contribution in [3.05, 3.63) is 35.9 Å². The van der Waals surface area contributed by atoms with Gasteiger partial charge in [0.25, 0.3) is 0 Å². The van der Waals surface area contributed by atoms with Crippen molar-refractivity contribution in [3.8, 4) is 0 Å². The van der Waals surface area contributed by atoms with E-state index in [4.69, 9.17) is 10.5 Å². The standard InChI is InChI=1S/C13H19NO2/c1-4-13(3,14)12(15)16-10(2)11-8-6-5-7-9-11/h5-10H,4,14H2,1-3H3. The van der Waals surface area contributed by atoms with Crippen molar-refractivity contribution in [1.82, 2.24) is 0 Å². The van der Waals surface area contributed by atoms with E-state index in [1.807, 2.05) is 44.2 Å². The zero-order valence-electron chi connectivity index (χ0n) is 10.1. The highest BCUT2D eigenvalue weighted by Crippen LogP contribution is 2.19. The van der Waals surface area contributed by atoms with E-state index in [1.165, 1.54) is 0 Å². The van der Waals surface area contributed by atoms with Gasteiger partial charge in [0.15, 0.2) is 0 Å². The zero-order valence-corrected chi connectivity index (χ0v) is 10.1. The summed E-state index contributed by atoms with van der Waals surface area (Å²) in [4.78, 5) is 11.7. The average Bonchev–Trinajstić information content (AvgIpc) is 2.30. The molecule has 88 valence electrons. The molecule has 0 spiro atoms. The Morgan fingerprint density at radius 2 is 2.00 bits per heavy atom. The van der Waals surface area contributed by atoms with E-state index in [9.17, 15) is 4.79 Å². The van der Waals surface area contributed by atoms with Crippen LogP contribution in [0.25, 0.3) is 0 Å². The molecule has 0 aliphatic rings. The van der Waals surface area contributed by atoms with Gasteiger partial charge in [0.05, 0.1) is 0 Å². The van der Waals surface area contributed by atoms with Gasteiger partial charge in [-0.15, -0.1) is 0 Å². The summed E-state index contributed by atoms with van der Waals surface area (Å²) < 4.78 is 5.33. The van der Waals surface area contributed by atoms with E-state index < -0.39 is 5.54 Å². The van der Waals surface area contributed by atoms with Gasteiger partial charge in [0.1, 0.15) is 11.6 Å². The van der Waals surface area contributed by atoms with Crippen molar-refractivity contribution in [2.75, 3.05) is 0 Å². The highest BCUT2D eigenvalue weighted by molar-refractivity contribution is 5.80. The monoisotopic (exact) mass is 221 g/mol. The molecular weight excluding hydrogens is 202 g/mol. The SMILES string of the molecule is CCC(C)(N)C(=O)OC(C)c1ccccc1. The Labute approximate surface area is 96.6 Å². The molecule has 0 saturated carbocycles. The summed E-state index contributed by atoms with van der Waals surface area (Å²) in [5.74, 6) is -0.355. The smallest absolute Gasteiger partial charge is 0.326 e. The van der Waals surface area contributed by atoms with Crippen LogP contribution >= 0.6 is 0 Å². The Morgan fingerprint density at radius 3 is 2.50 bits per heavy atom. The molecule has 2 unspecified atom stereocenters. The van der Waals surface area contributed by atoms with Crippen LogP contribution in [0, 0.1) is 0 Å². The summed E-state index contributed by atoms with van der Waals surface area (Å²) in [6.45, 7) is 5.40. The fraction of sp³-hybridized carbons (Fsp3) is 0.462. The number of hydrogen-bond acceptors (Lipinski definition) is 3. The highest BCUT2D eigenvalue weighted by atomic mass is 16.5. The minimum Gasteiger partial charge on any atom is -0.456 e. The molecule has 0 aliphatic carbocycles. The Hall–Kier alpha value is -1.35. The van der Waals surface area contributed by atoms with Gasteiger partial charge in [-0.1, -0.05) is 37.3 Å². The molecule has 3 heteroatoms. The summed E-state index contributed by atoms with van der Waals surface area (Å²) >= 11 is 0. The second-order valence-electron chi connectivity index (χ2n) is 4.23. The lowest BCUT2D eigenvalue weighted by Gasteiger charge is -2.23. The van der Waals surface area contributed by atoms with Crippen molar-refractivity contribution >= 4 is 5.97 Å². The lowest BCUT2D eigenvalue weighted by Crippen LogP contribution is -2.45. The third kappa shape index (κ3) is 3.07. The molecule has 0 aliphatic heterocycles. The average molecular weight is 221 g/mol. The van der Waals surface area contributed by atoms with Crippen molar-refractivity contribution in [3.63, 3.8) is 0 Å². The van der Waals surface area contributed by atoms with Gasteiger partial charge in [0.2, 0.25) is 0 Å². The molecule has 0 fully saturated rings. The largest absolute Gasteiger partial charge is 0.456 e. The van der Waals surface area contributed by atoms with Crippen LogP contribution in [0.4, 0.5) is 0 Å². The van der Waals surface area contributed by atoms with Crippen molar-refractivity contribution in [2.24, 2.45) is 5.73 Å². The van der Waals surface area contributed by atoms with Crippen LogP contribution < -0.4 is 5.73 Å². The molecule has 0 radical (unpaired) electrons. The maximum absolute atomic E-state index is 11.7. The maximum atomic E-state index is 11.7. The topological polar surface area (TPSA) is 52.3 Å².